The fraction of sp³-hybridized carbons (Fsp3) is 0.594. The lowest BCUT2D eigenvalue weighted by molar-refractivity contribution is -0.173. The molecule has 0 bridgehead atoms. The molecule has 2 aromatic carbocycles. The van der Waals surface area contributed by atoms with Crippen LogP contribution in [0.5, 0.6) is 0 Å². The van der Waals surface area contributed by atoms with Gasteiger partial charge in [-0.15, -0.1) is 0 Å². The smallest absolute Gasteiger partial charge is 0.340 e. The molecule has 0 aliphatic carbocycles. The fourth-order valence-electron chi connectivity index (χ4n) is 5.57. The van der Waals surface area contributed by atoms with Gasteiger partial charge in [-0.2, -0.15) is 0 Å². The molecule has 0 aliphatic heterocycles. The number of hydrogen-bond donors (Lipinski definition) is 2. The molecule has 2 rings (SSSR count). The molecule has 5 nitrogen and oxygen atoms in total. The van der Waals surface area contributed by atoms with E-state index >= 15 is 0 Å². The summed E-state index contributed by atoms with van der Waals surface area (Å²) in [7, 11) is -1.54. The topological polar surface area (TPSA) is 76.0 Å². The Morgan fingerprint density at radius 1 is 0.895 bits per heavy atom. The van der Waals surface area contributed by atoms with Gasteiger partial charge in [0.1, 0.15) is 0 Å². The maximum absolute atomic E-state index is 12.1. The highest BCUT2D eigenvalue weighted by Crippen LogP contribution is 2.40. The number of aliphatic hydroxyl groups excluding tert-OH is 1. The van der Waals surface area contributed by atoms with Crippen molar-refractivity contribution in [2.45, 2.75) is 103 Å². The number of methoxy groups -OCH3 is 1. The Hall–Kier alpha value is -1.99. The quantitative estimate of drug-likeness (QED) is 0.245. The zero-order chi connectivity index (χ0) is 28.6. The van der Waals surface area contributed by atoms with E-state index in [0.29, 0.717) is 12.3 Å². The summed E-state index contributed by atoms with van der Waals surface area (Å²) in [6.45, 7) is 14.8. The molecular formula is C32H50O5Si. The Morgan fingerprint density at radius 2 is 1.39 bits per heavy atom. The number of esters is 1. The van der Waals surface area contributed by atoms with E-state index in [4.69, 9.17) is 9.16 Å². The maximum atomic E-state index is 12.1. The Balaban J connectivity index is 2.54. The molecule has 0 unspecified atom stereocenters. The minimum atomic E-state index is -2.76. The van der Waals surface area contributed by atoms with Gasteiger partial charge in [-0.1, -0.05) is 109 Å². The molecule has 6 heteroatoms. The first-order valence-electron chi connectivity index (χ1n) is 14.1. The van der Waals surface area contributed by atoms with Crippen LogP contribution in [0.3, 0.4) is 0 Å². The first-order valence-corrected chi connectivity index (χ1v) is 16.0. The third-order valence-electron chi connectivity index (χ3n) is 8.13. The summed E-state index contributed by atoms with van der Waals surface area (Å²) < 4.78 is 12.2. The van der Waals surface area contributed by atoms with Crippen LogP contribution in [0.15, 0.2) is 60.7 Å². The molecule has 5 atom stereocenters. The highest BCUT2D eigenvalue weighted by atomic mass is 28.4. The van der Waals surface area contributed by atoms with E-state index in [1.54, 1.807) is 0 Å². The van der Waals surface area contributed by atoms with Gasteiger partial charge in [-0.3, -0.25) is 0 Å². The van der Waals surface area contributed by atoms with Crippen LogP contribution in [0, 0.1) is 11.8 Å². The van der Waals surface area contributed by atoms with Crippen LogP contribution >= 0.6 is 0 Å². The minimum Gasteiger partial charge on any atom is -0.467 e. The molecule has 38 heavy (non-hydrogen) atoms. The van der Waals surface area contributed by atoms with E-state index in [1.807, 2.05) is 12.1 Å². The minimum absolute atomic E-state index is 0.0504. The summed E-state index contributed by atoms with van der Waals surface area (Å²) in [5.74, 6) is -0.186. The van der Waals surface area contributed by atoms with Gasteiger partial charge in [0.05, 0.1) is 13.2 Å². The van der Waals surface area contributed by atoms with Crippen molar-refractivity contribution in [3.8, 4) is 0 Å². The Bertz CT molecular complexity index is 931. The predicted molar refractivity (Wildman–Crippen MR) is 158 cm³/mol. The Labute approximate surface area is 231 Å². The van der Waals surface area contributed by atoms with Crippen molar-refractivity contribution in [3.05, 3.63) is 60.7 Å². The molecule has 0 aliphatic rings. The normalized spacial score (nSPS) is 17.2. The van der Waals surface area contributed by atoms with Crippen molar-refractivity contribution in [1.29, 1.82) is 0 Å². The average molecular weight is 543 g/mol. The highest BCUT2D eigenvalue weighted by Gasteiger charge is 2.52. The van der Waals surface area contributed by atoms with Gasteiger partial charge in [0.15, 0.2) is 5.60 Å². The van der Waals surface area contributed by atoms with Crippen LogP contribution in [0.1, 0.15) is 80.6 Å². The molecule has 0 heterocycles. The number of hydrogen-bond acceptors (Lipinski definition) is 5. The van der Waals surface area contributed by atoms with Crippen LogP contribution in [-0.4, -0.2) is 49.4 Å². The molecule has 0 amide bonds. The van der Waals surface area contributed by atoms with Gasteiger partial charge in [0.25, 0.3) is 8.32 Å². The number of rotatable bonds is 14. The van der Waals surface area contributed by atoms with Gasteiger partial charge in [0, 0.05) is 6.10 Å². The SMILES string of the molecule is CC[C@H](C)C[C@H](CC[C@@H](O)[C@](C)(O)C(=O)OC)[C@@H](CC)O[Si](c1ccccc1)(c1ccccc1)C(C)(C)C. The second-order valence-electron chi connectivity index (χ2n) is 12.0. The summed E-state index contributed by atoms with van der Waals surface area (Å²) in [5, 5.41) is 23.8. The second kappa shape index (κ2) is 13.9. The highest BCUT2D eigenvalue weighted by molar-refractivity contribution is 6.99. The summed E-state index contributed by atoms with van der Waals surface area (Å²) >= 11 is 0. The van der Waals surface area contributed by atoms with E-state index in [0.717, 1.165) is 19.3 Å². The zero-order valence-corrected chi connectivity index (χ0v) is 25.7. The largest absolute Gasteiger partial charge is 0.467 e. The van der Waals surface area contributed by atoms with Crippen molar-refractivity contribution in [2.75, 3.05) is 7.11 Å². The standard InChI is InChI=1S/C32H50O5Si/c1-9-24(3)23-25(21-22-29(33)32(7,35)30(34)36-8)28(10-2)37-38(31(4,5)6,26-17-13-11-14-18-26)27-19-15-12-16-20-27/h11-20,24-25,28-29,33,35H,9-10,21-23H2,1-8H3/t24-,25-,28+,29+,32-/m0/s1. The van der Waals surface area contributed by atoms with Crippen molar-refractivity contribution in [1.82, 2.24) is 0 Å². The summed E-state index contributed by atoms with van der Waals surface area (Å²) in [4.78, 5) is 12.1. The molecule has 0 saturated heterocycles. The number of carbonyl (C=O) groups excluding carboxylic acids is 1. The van der Waals surface area contributed by atoms with Crippen molar-refractivity contribution < 1.29 is 24.2 Å². The molecule has 0 fully saturated rings. The molecule has 0 saturated carbocycles. The zero-order valence-electron chi connectivity index (χ0n) is 24.7. The van der Waals surface area contributed by atoms with Gasteiger partial charge in [-0.05, 0) is 59.9 Å². The lowest BCUT2D eigenvalue weighted by Gasteiger charge is -2.47. The van der Waals surface area contributed by atoms with Crippen LogP contribution in [0.2, 0.25) is 5.04 Å². The van der Waals surface area contributed by atoms with Crippen LogP contribution in [-0.2, 0) is 14.0 Å². The van der Waals surface area contributed by atoms with Crippen molar-refractivity contribution in [3.63, 3.8) is 0 Å². The Kier molecular flexibility index (Phi) is 11.8. The molecule has 0 aromatic heterocycles. The first-order chi connectivity index (χ1) is 17.8. The van der Waals surface area contributed by atoms with Crippen molar-refractivity contribution in [2.24, 2.45) is 11.8 Å². The molecule has 212 valence electrons. The first kappa shape index (κ1) is 32.2. The third kappa shape index (κ3) is 7.35. The lowest BCUT2D eigenvalue weighted by Crippen LogP contribution is -2.68. The third-order valence-corrected chi connectivity index (χ3v) is 13.2. The number of carbonyl (C=O) groups is 1. The van der Waals surface area contributed by atoms with E-state index in [1.165, 1.54) is 24.4 Å². The lowest BCUT2D eigenvalue weighted by atomic mass is 9.83. The molecule has 0 radical (unpaired) electrons. The van der Waals surface area contributed by atoms with Crippen LogP contribution in [0.25, 0.3) is 0 Å². The number of benzene rings is 2. The molecule has 2 N–H and O–H groups in total. The summed E-state index contributed by atoms with van der Waals surface area (Å²) in [6, 6.07) is 21.3. The molecule has 2 aromatic rings. The van der Waals surface area contributed by atoms with E-state index in [9.17, 15) is 15.0 Å². The fourth-order valence-corrected chi connectivity index (χ4v) is 10.4. The number of ether oxygens (including phenoxy) is 1. The van der Waals surface area contributed by atoms with Gasteiger partial charge < -0.3 is 19.4 Å². The van der Waals surface area contributed by atoms with Crippen molar-refractivity contribution >= 4 is 24.7 Å². The van der Waals surface area contributed by atoms with E-state index in [2.05, 4.69) is 90.1 Å². The van der Waals surface area contributed by atoms with Gasteiger partial charge >= 0.3 is 5.97 Å². The monoisotopic (exact) mass is 542 g/mol. The maximum Gasteiger partial charge on any atom is 0.340 e. The molecule has 0 spiro atoms. The summed E-state index contributed by atoms with van der Waals surface area (Å²) in [5.41, 5.74) is -1.95. The molecular weight excluding hydrogens is 492 g/mol. The predicted octanol–water partition coefficient (Wildman–Crippen LogP) is 5.46. The van der Waals surface area contributed by atoms with Crippen LogP contribution < -0.4 is 10.4 Å². The summed E-state index contributed by atoms with van der Waals surface area (Å²) in [6.07, 6.45) is 2.47. The average Bonchev–Trinajstić information content (AvgIpc) is 2.91. The van der Waals surface area contributed by atoms with E-state index in [-0.39, 0.29) is 23.5 Å². The van der Waals surface area contributed by atoms with Gasteiger partial charge in [-0.25, -0.2) is 4.79 Å². The van der Waals surface area contributed by atoms with Gasteiger partial charge in [0.2, 0.25) is 0 Å². The van der Waals surface area contributed by atoms with Crippen LogP contribution in [0.4, 0.5) is 0 Å². The van der Waals surface area contributed by atoms with E-state index < -0.39 is 26.0 Å². The second-order valence-corrected chi connectivity index (χ2v) is 16.2. The Morgan fingerprint density at radius 3 is 1.79 bits per heavy atom. The number of aliphatic hydroxyl groups is 2.